The number of furan rings is 1. The smallest absolute Gasteiger partial charge is 0.255 e. The number of carbonyl (C=O) groups excluding carboxylic acids is 3. The number of aliphatic hydroxyl groups is 2. The van der Waals surface area contributed by atoms with Crippen molar-refractivity contribution in [1.29, 1.82) is 0 Å². The van der Waals surface area contributed by atoms with E-state index in [1.54, 1.807) is 12.3 Å². The van der Waals surface area contributed by atoms with Gasteiger partial charge in [0, 0.05) is 29.7 Å². The molecule has 0 aliphatic heterocycles. The number of allylic oxidation sites excluding steroid dienone is 3. The monoisotopic (exact) mass is 478 g/mol. The lowest BCUT2D eigenvalue weighted by Crippen LogP contribution is -2.43. The van der Waals surface area contributed by atoms with Gasteiger partial charge in [0.1, 0.15) is 22.8 Å². The minimum absolute atomic E-state index is 0.00514. The van der Waals surface area contributed by atoms with Crippen molar-refractivity contribution in [2.24, 2.45) is 23.5 Å². The molecule has 2 aromatic rings. The number of nitrogens with zero attached hydrogens (tertiary/aromatic N) is 1. The van der Waals surface area contributed by atoms with Crippen molar-refractivity contribution in [3.63, 3.8) is 0 Å². The minimum atomic E-state index is -1.13. The fourth-order valence-corrected chi connectivity index (χ4v) is 5.90. The fourth-order valence-electron chi connectivity index (χ4n) is 5.90. The van der Waals surface area contributed by atoms with Gasteiger partial charge in [-0.25, -0.2) is 0 Å². The van der Waals surface area contributed by atoms with Crippen LogP contribution in [0.15, 0.2) is 51.7 Å². The molecular weight excluding hydrogens is 452 g/mol. The first kappa shape index (κ1) is 22.9. The number of fused-ring (bicyclic) bond motifs is 3. The summed E-state index contributed by atoms with van der Waals surface area (Å²) in [6.45, 7) is 0.376. The van der Waals surface area contributed by atoms with E-state index in [2.05, 4.69) is 0 Å². The highest BCUT2D eigenvalue weighted by Gasteiger charge is 2.50. The molecule has 0 fully saturated rings. The largest absolute Gasteiger partial charge is 0.511 e. The van der Waals surface area contributed by atoms with Crippen LogP contribution >= 0.6 is 0 Å². The molecule has 1 unspecified atom stereocenters. The molecule has 3 aliphatic rings. The molecule has 182 valence electrons. The molecule has 5 rings (SSSR count). The van der Waals surface area contributed by atoms with Crippen LogP contribution < -0.4 is 5.73 Å². The number of phenolic OH excluding ortho intramolecular Hbond substituents is 1. The van der Waals surface area contributed by atoms with Gasteiger partial charge >= 0.3 is 0 Å². The maximum absolute atomic E-state index is 13.8. The van der Waals surface area contributed by atoms with Crippen LogP contribution in [0, 0.1) is 17.8 Å². The number of aliphatic hydroxyl groups excluding tert-OH is 2. The zero-order valence-corrected chi connectivity index (χ0v) is 19.4. The standard InChI is InChI=1S/C26H26N2O7/c1-28(2)9-14-7-15(11-3-4-35-10-11)16-6-12-5-13-8-17(29)21(26(27)34)25(33)19(13)23(31)18(12)24(32)20(16)22(14)30/h3-4,7,10,12-13,19,29-31H,5-6,8-9H2,1-2H3,(H2,27,34)/t12-,13+,19?/m1/s1. The van der Waals surface area contributed by atoms with Crippen molar-refractivity contribution >= 4 is 17.5 Å². The summed E-state index contributed by atoms with van der Waals surface area (Å²) in [4.78, 5) is 40.5. The second kappa shape index (κ2) is 8.13. The van der Waals surface area contributed by atoms with E-state index >= 15 is 0 Å². The summed E-state index contributed by atoms with van der Waals surface area (Å²) in [6, 6.07) is 3.63. The molecule has 9 nitrogen and oxygen atoms in total. The van der Waals surface area contributed by atoms with Crippen molar-refractivity contribution in [2.45, 2.75) is 25.8 Å². The highest BCUT2D eigenvalue weighted by atomic mass is 16.3. The van der Waals surface area contributed by atoms with Gasteiger partial charge in [-0.2, -0.15) is 0 Å². The van der Waals surface area contributed by atoms with Gasteiger partial charge in [-0.3, -0.25) is 14.4 Å². The number of hydrogen-bond donors (Lipinski definition) is 4. The molecule has 0 radical (unpaired) electrons. The lowest BCUT2D eigenvalue weighted by atomic mass is 9.62. The highest BCUT2D eigenvalue weighted by Crippen LogP contribution is 2.51. The summed E-state index contributed by atoms with van der Waals surface area (Å²) in [5, 5.41) is 32.6. The Labute approximate surface area is 201 Å². The van der Waals surface area contributed by atoms with E-state index in [0.29, 0.717) is 30.5 Å². The van der Waals surface area contributed by atoms with Gasteiger partial charge in [-0.15, -0.1) is 0 Å². The number of Topliss-reactive ketones (excluding diaryl/α,β-unsaturated/α-hetero) is 2. The van der Waals surface area contributed by atoms with Gasteiger partial charge in [0.05, 0.1) is 24.0 Å². The topological polar surface area (TPSA) is 154 Å². The number of primary amides is 1. The molecule has 0 saturated carbocycles. The Morgan fingerprint density at radius 3 is 2.57 bits per heavy atom. The maximum atomic E-state index is 13.8. The molecule has 1 heterocycles. The van der Waals surface area contributed by atoms with Gasteiger partial charge in [0.25, 0.3) is 5.91 Å². The molecule has 1 aromatic heterocycles. The quantitative estimate of drug-likeness (QED) is 0.489. The third-order valence-corrected chi connectivity index (χ3v) is 7.28. The van der Waals surface area contributed by atoms with Crippen LogP contribution in [0.5, 0.6) is 5.75 Å². The average Bonchev–Trinajstić information content (AvgIpc) is 3.29. The maximum Gasteiger partial charge on any atom is 0.255 e. The van der Waals surface area contributed by atoms with E-state index in [1.165, 1.54) is 6.26 Å². The molecule has 0 bridgehead atoms. The summed E-state index contributed by atoms with van der Waals surface area (Å²) in [6.07, 6.45) is 3.81. The number of hydrogen-bond acceptors (Lipinski definition) is 8. The number of nitrogens with two attached hydrogens (primary N) is 1. The van der Waals surface area contributed by atoms with Gasteiger partial charge in [-0.1, -0.05) is 0 Å². The zero-order chi connectivity index (χ0) is 25.2. The van der Waals surface area contributed by atoms with Gasteiger partial charge in [-0.05, 0) is 62.0 Å². The second-order valence-corrected chi connectivity index (χ2v) is 9.79. The number of ketones is 2. The molecule has 0 spiro atoms. The second-order valence-electron chi connectivity index (χ2n) is 9.79. The summed E-state index contributed by atoms with van der Waals surface area (Å²) >= 11 is 0. The molecule has 9 heteroatoms. The SMILES string of the molecule is CN(C)Cc1cc(-c2ccoc2)c2c(c1O)C(=O)C1=C(O)C3C(=O)C(C(N)=O)=C(O)C[C@@H]3C[C@@H]1C2. The van der Waals surface area contributed by atoms with Crippen LogP contribution in [0.3, 0.4) is 0 Å². The van der Waals surface area contributed by atoms with Crippen molar-refractivity contribution in [2.75, 3.05) is 14.1 Å². The lowest BCUT2D eigenvalue weighted by molar-refractivity contribution is -0.126. The van der Waals surface area contributed by atoms with E-state index < -0.39 is 46.6 Å². The van der Waals surface area contributed by atoms with Crippen LogP contribution in [-0.4, -0.2) is 51.8 Å². The fraction of sp³-hybridized carbons (Fsp3) is 0.346. The number of carbonyl (C=O) groups is 3. The molecule has 35 heavy (non-hydrogen) atoms. The molecule has 5 N–H and O–H groups in total. The summed E-state index contributed by atoms with van der Waals surface area (Å²) in [7, 11) is 3.69. The Morgan fingerprint density at radius 2 is 1.94 bits per heavy atom. The Balaban J connectivity index is 1.69. The third-order valence-electron chi connectivity index (χ3n) is 7.28. The Kier molecular flexibility index (Phi) is 5.32. The number of benzene rings is 1. The lowest BCUT2D eigenvalue weighted by Gasteiger charge is -2.41. The predicted octanol–water partition coefficient (Wildman–Crippen LogP) is 2.79. The average molecular weight is 479 g/mol. The summed E-state index contributed by atoms with van der Waals surface area (Å²) < 4.78 is 5.27. The van der Waals surface area contributed by atoms with Crippen LogP contribution in [0.2, 0.25) is 0 Å². The van der Waals surface area contributed by atoms with Crippen molar-refractivity contribution in [3.8, 4) is 16.9 Å². The van der Waals surface area contributed by atoms with E-state index in [9.17, 15) is 29.7 Å². The van der Waals surface area contributed by atoms with E-state index in [0.717, 1.165) is 11.1 Å². The van der Waals surface area contributed by atoms with E-state index in [-0.39, 0.29) is 29.1 Å². The van der Waals surface area contributed by atoms with Crippen LogP contribution in [0.4, 0.5) is 0 Å². The summed E-state index contributed by atoms with van der Waals surface area (Å²) in [5.41, 5.74) is 7.66. The first-order chi connectivity index (χ1) is 16.6. The molecular formula is C26H26N2O7. The zero-order valence-electron chi connectivity index (χ0n) is 19.4. The molecule has 3 aliphatic carbocycles. The molecule has 1 amide bonds. The predicted molar refractivity (Wildman–Crippen MR) is 124 cm³/mol. The molecule has 3 atom stereocenters. The number of aromatic hydroxyl groups is 1. The first-order valence-electron chi connectivity index (χ1n) is 11.4. The van der Waals surface area contributed by atoms with Gasteiger partial charge in [0.2, 0.25) is 0 Å². The minimum Gasteiger partial charge on any atom is -0.511 e. The van der Waals surface area contributed by atoms with Crippen molar-refractivity contribution in [1.82, 2.24) is 4.90 Å². The van der Waals surface area contributed by atoms with E-state index in [1.807, 2.05) is 25.1 Å². The number of rotatable bonds is 4. The number of amides is 1. The Bertz CT molecular complexity index is 1330. The van der Waals surface area contributed by atoms with E-state index in [4.69, 9.17) is 10.2 Å². The summed E-state index contributed by atoms with van der Waals surface area (Å²) in [5.74, 6) is -5.36. The normalized spacial score (nSPS) is 23.9. The molecule has 1 aromatic carbocycles. The van der Waals surface area contributed by atoms with Crippen LogP contribution in [0.1, 0.15) is 34.3 Å². The van der Waals surface area contributed by atoms with Crippen LogP contribution in [0.25, 0.3) is 11.1 Å². The van der Waals surface area contributed by atoms with Gasteiger partial charge in [0.15, 0.2) is 11.6 Å². The Hall–Kier alpha value is -3.85. The molecule has 0 saturated heterocycles. The van der Waals surface area contributed by atoms with Crippen LogP contribution in [-0.2, 0) is 22.6 Å². The number of phenols is 1. The third kappa shape index (κ3) is 3.46. The Morgan fingerprint density at radius 1 is 1.20 bits per heavy atom. The van der Waals surface area contributed by atoms with Crippen molar-refractivity contribution < 1.29 is 34.1 Å². The van der Waals surface area contributed by atoms with Gasteiger partial charge < -0.3 is 30.4 Å². The first-order valence-corrected chi connectivity index (χ1v) is 11.4. The highest BCUT2D eigenvalue weighted by molar-refractivity contribution is 6.22. The van der Waals surface area contributed by atoms with Crippen molar-refractivity contribution in [3.05, 3.63) is 64.0 Å².